The Labute approximate surface area is 163 Å². The molecule has 2 aliphatic rings. The molecule has 27 heavy (non-hydrogen) atoms. The zero-order valence-electron chi connectivity index (χ0n) is 16.8. The van der Waals surface area contributed by atoms with Gasteiger partial charge in [0.05, 0.1) is 6.54 Å². The third kappa shape index (κ3) is 5.98. The fourth-order valence-corrected chi connectivity index (χ4v) is 4.01. The van der Waals surface area contributed by atoms with Gasteiger partial charge in [-0.2, -0.15) is 0 Å². The molecule has 5 nitrogen and oxygen atoms in total. The van der Waals surface area contributed by atoms with Crippen molar-refractivity contribution < 1.29 is 4.79 Å². The summed E-state index contributed by atoms with van der Waals surface area (Å²) in [5.41, 5.74) is 2.38. The summed E-state index contributed by atoms with van der Waals surface area (Å²) < 4.78 is 0. The number of carbonyl (C=O) groups excluding carboxylic acids is 1. The third-order valence-electron chi connectivity index (χ3n) is 5.66. The first-order chi connectivity index (χ1) is 13.1. The number of aliphatic imine (C=N–C) groups is 1. The molecule has 0 radical (unpaired) electrons. The minimum atomic E-state index is 0.277. The zero-order chi connectivity index (χ0) is 19.1. The van der Waals surface area contributed by atoms with Crippen LogP contribution in [-0.4, -0.2) is 35.9 Å². The summed E-state index contributed by atoms with van der Waals surface area (Å²) in [6, 6.07) is 9.01. The Morgan fingerprint density at radius 3 is 2.70 bits per heavy atom. The normalized spacial score (nSPS) is 23.6. The lowest BCUT2D eigenvalue weighted by atomic mass is 9.87. The highest BCUT2D eigenvalue weighted by atomic mass is 16.2. The minimum absolute atomic E-state index is 0.277. The van der Waals surface area contributed by atoms with Gasteiger partial charge in [-0.1, -0.05) is 31.2 Å². The Balaban J connectivity index is 1.58. The molecule has 3 rings (SSSR count). The van der Waals surface area contributed by atoms with Crippen LogP contribution in [0.5, 0.6) is 0 Å². The zero-order valence-corrected chi connectivity index (χ0v) is 16.8. The summed E-state index contributed by atoms with van der Waals surface area (Å²) in [5, 5.41) is 6.99. The van der Waals surface area contributed by atoms with E-state index >= 15 is 0 Å². The van der Waals surface area contributed by atoms with Crippen molar-refractivity contribution in [3.05, 3.63) is 35.4 Å². The van der Waals surface area contributed by atoms with Gasteiger partial charge < -0.3 is 15.5 Å². The van der Waals surface area contributed by atoms with Crippen LogP contribution in [0.1, 0.15) is 63.5 Å². The highest BCUT2D eigenvalue weighted by Gasteiger charge is 2.20. The van der Waals surface area contributed by atoms with Gasteiger partial charge in [0.15, 0.2) is 5.96 Å². The quantitative estimate of drug-likeness (QED) is 0.596. The standard InChI is InChI=1S/C22H34N4O/c1-3-23-22(25-20-11-9-17(2)10-12-20)24-15-18-6-4-7-19(14-18)16-26-13-5-8-21(26)27/h4,6-7,14,17,20H,3,5,8-13,15-16H2,1-2H3,(H2,23,24,25). The van der Waals surface area contributed by atoms with Gasteiger partial charge in [-0.25, -0.2) is 4.99 Å². The van der Waals surface area contributed by atoms with Crippen molar-refractivity contribution in [3.63, 3.8) is 0 Å². The van der Waals surface area contributed by atoms with E-state index in [0.717, 1.165) is 37.9 Å². The number of nitrogens with one attached hydrogen (secondary N) is 2. The van der Waals surface area contributed by atoms with Gasteiger partial charge in [-0.15, -0.1) is 0 Å². The highest BCUT2D eigenvalue weighted by molar-refractivity contribution is 5.80. The first-order valence-corrected chi connectivity index (χ1v) is 10.5. The van der Waals surface area contributed by atoms with Gasteiger partial charge in [0.25, 0.3) is 0 Å². The van der Waals surface area contributed by atoms with E-state index in [4.69, 9.17) is 4.99 Å². The van der Waals surface area contributed by atoms with Gasteiger partial charge in [0, 0.05) is 32.1 Å². The van der Waals surface area contributed by atoms with Gasteiger partial charge in [0.2, 0.25) is 5.91 Å². The predicted octanol–water partition coefficient (Wildman–Crippen LogP) is 3.44. The van der Waals surface area contributed by atoms with E-state index < -0.39 is 0 Å². The molecule has 2 fully saturated rings. The van der Waals surface area contributed by atoms with E-state index in [9.17, 15) is 4.79 Å². The Bertz CT molecular complexity index is 649. The monoisotopic (exact) mass is 370 g/mol. The van der Waals surface area contributed by atoms with Crippen molar-refractivity contribution >= 4 is 11.9 Å². The van der Waals surface area contributed by atoms with Crippen LogP contribution in [0.4, 0.5) is 0 Å². The van der Waals surface area contributed by atoms with Crippen molar-refractivity contribution in [2.45, 2.75) is 71.5 Å². The second kappa shape index (κ2) is 9.77. The van der Waals surface area contributed by atoms with Gasteiger partial charge in [0.1, 0.15) is 0 Å². The summed E-state index contributed by atoms with van der Waals surface area (Å²) in [6.07, 6.45) is 6.74. The number of likely N-dealkylation sites (tertiary alicyclic amines) is 1. The van der Waals surface area contributed by atoms with E-state index in [0.29, 0.717) is 19.0 Å². The van der Waals surface area contributed by atoms with Crippen LogP contribution in [0.15, 0.2) is 29.3 Å². The number of rotatable bonds is 6. The van der Waals surface area contributed by atoms with Crippen LogP contribution < -0.4 is 10.6 Å². The summed E-state index contributed by atoms with van der Waals surface area (Å²) in [7, 11) is 0. The van der Waals surface area contributed by atoms with Crippen molar-refractivity contribution in [1.29, 1.82) is 0 Å². The number of amides is 1. The summed E-state index contributed by atoms with van der Waals surface area (Å²) >= 11 is 0. The lowest BCUT2D eigenvalue weighted by Gasteiger charge is -2.28. The lowest BCUT2D eigenvalue weighted by Crippen LogP contribution is -2.44. The number of benzene rings is 1. The lowest BCUT2D eigenvalue weighted by molar-refractivity contribution is -0.128. The number of guanidine groups is 1. The van der Waals surface area contributed by atoms with E-state index in [-0.39, 0.29) is 5.91 Å². The highest BCUT2D eigenvalue weighted by Crippen LogP contribution is 2.23. The first kappa shape index (κ1) is 19.7. The molecule has 0 bridgehead atoms. The van der Waals surface area contributed by atoms with Crippen molar-refractivity contribution in [1.82, 2.24) is 15.5 Å². The molecule has 1 aromatic carbocycles. The molecule has 1 saturated heterocycles. The summed E-state index contributed by atoms with van der Waals surface area (Å²) in [6.45, 7) is 7.57. The maximum Gasteiger partial charge on any atom is 0.222 e. The van der Waals surface area contributed by atoms with Gasteiger partial charge in [-0.3, -0.25) is 4.79 Å². The molecule has 2 N–H and O–H groups in total. The molecule has 0 spiro atoms. The fraction of sp³-hybridized carbons (Fsp3) is 0.636. The topological polar surface area (TPSA) is 56.7 Å². The molecule has 1 saturated carbocycles. The molecule has 0 atom stereocenters. The summed E-state index contributed by atoms with van der Waals surface area (Å²) in [4.78, 5) is 18.6. The first-order valence-electron chi connectivity index (χ1n) is 10.5. The van der Waals surface area contributed by atoms with E-state index in [1.807, 2.05) is 4.90 Å². The average Bonchev–Trinajstić information content (AvgIpc) is 3.07. The molecule has 5 heteroatoms. The smallest absolute Gasteiger partial charge is 0.222 e. The largest absolute Gasteiger partial charge is 0.357 e. The maximum absolute atomic E-state index is 11.8. The van der Waals surface area contributed by atoms with Crippen molar-refractivity contribution in [3.8, 4) is 0 Å². The van der Waals surface area contributed by atoms with E-state index in [1.54, 1.807) is 0 Å². The predicted molar refractivity (Wildman–Crippen MR) is 110 cm³/mol. The van der Waals surface area contributed by atoms with Crippen LogP contribution in [0, 0.1) is 5.92 Å². The molecule has 1 aromatic rings. The van der Waals surface area contributed by atoms with Crippen LogP contribution in [0.25, 0.3) is 0 Å². The number of nitrogens with zero attached hydrogens (tertiary/aromatic N) is 2. The second-order valence-electron chi connectivity index (χ2n) is 8.04. The fourth-order valence-electron chi connectivity index (χ4n) is 4.01. The number of hydrogen-bond donors (Lipinski definition) is 2. The molecular formula is C22H34N4O. The Hall–Kier alpha value is -2.04. The second-order valence-corrected chi connectivity index (χ2v) is 8.04. The Morgan fingerprint density at radius 1 is 1.22 bits per heavy atom. The van der Waals surface area contributed by atoms with Crippen LogP contribution in [-0.2, 0) is 17.9 Å². The van der Waals surface area contributed by atoms with Crippen molar-refractivity contribution in [2.75, 3.05) is 13.1 Å². The summed E-state index contributed by atoms with van der Waals surface area (Å²) in [5.74, 6) is 2.05. The maximum atomic E-state index is 11.8. The Morgan fingerprint density at radius 2 is 2.00 bits per heavy atom. The van der Waals surface area contributed by atoms with Crippen LogP contribution in [0.2, 0.25) is 0 Å². The Kier molecular flexibility index (Phi) is 7.13. The van der Waals surface area contributed by atoms with E-state index in [2.05, 4.69) is 48.7 Å². The van der Waals surface area contributed by atoms with Crippen molar-refractivity contribution in [2.24, 2.45) is 10.9 Å². The van der Waals surface area contributed by atoms with Crippen LogP contribution >= 0.6 is 0 Å². The van der Waals surface area contributed by atoms with E-state index in [1.165, 1.54) is 36.8 Å². The SMILES string of the molecule is CCNC(=NCc1cccc(CN2CCCC2=O)c1)NC1CCC(C)CC1. The molecule has 1 heterocycles. The van der Waals surface area contributed by atoms with Gasteiger partial charge >= 0.3 is 0 Å². The molecule has 148 valence electrons. The third-order valence-corrected chi connectivity index (χ3v) is 5.66. The number of carbonyl (C=O) groups is 1. The van der Waals surface area contributed by atoms with Gasteiger partial charge in [-0.05, 0) is 56.1 Å². The average molecular weight is 371 g/mol. The molecule has 1 aliphatic heterocycles. The molecule has 0 unspecified atom stereocenters. The van der Waals surface area contributed by atoms with Crippen LogP contribution in [0.3, 0.4) is 0 Å². The molecule has 1 aliphatic carbocycles. The minimum Gasteiger partial charge on any atom is -0.357 e. The molecule has 0 aromatic heterocycles. The number of hydrogen-bond acceptors (Lipinski definition) is 2. The molecular weight excluding hydrogens is 336 g/mol. The molecule has 1 amide bonds.